The van der Waals surface area contributed by atoms with Crippen molar-refractivity contribution in [3.8, 4) is 5.75 Å². The molecular formula is C15H13BrO3. The molecule has 0 radical (unpaired) electrons. The van der Waals surface area contributed by atoms with Crippen LogP contribution in [0.4, 0.5) is 0 Å². The number of ether oxygens (including phenoxy) is 2. The Kier molecular flexibility index (Phi) is 5.12. The predicted octanol–water partition coefficient (Wildman–Crippen LogP) is 3.81. The standard InChI is InChI=1S/C15H13BrO3/c16-14-8-4-7-13(9-17)15(14)19-11-18-10-12-5-2-1-3-6-12/h1-9H,10-11H2. The quantitative estimate of drug-likeness (QED) is 0.461. The van der Waals surface area contributed by atoms with Crippen LogP contribution < -0.4 is 4.74 Å². The summed E-state index contributed by atoms with van der Waals surface area (Å²) in [6.07, 6.45) is 0.761. The number of halogens is 1. The highest BCUT2D eigenvalue weighted by atomic mass is 79.9. The van der Waals surface area contributed by atoms with E-state index in [2.05, 4.69) is 15.9 Å². The molecule has 0 heterocycles. The van der Waals surface area contributed by atoms with Crippen molar-refractivity contribution in [2.24, 2.45) is 0 Å². The second kappa shape index (κ2) is 7.07. The molecule has 19 heavy (non-hydrogen) atoms. The maximum Gasteiger partial charge on any atom is 0.189 e. The van der Waals surface area contributed by atoms with Crippen molar-refractivity contribution in [2.45, 2.75) is 6.61 Å². The lowest BCUT2D eigenvalue weighted by molar-refractivity contribution is 0.00436. The highest BCUT2D eigenvalue weighted by molar-refractivity contribution is 9.10. The SMILES string of the molecule is O=Cc1cccc(Br)c1OCOCc1ccccc1. The first kappa shape index (κ1) is 13.8. The van der Waals surface area contributed by atoms with Crippen molar-refractivity contribution in [3.05, 3.63) is 64.1 Å². The van der Waals surface area contributed by atoms with Gasteiger partial charge in [-0.05, 0) is 33.6 Å². The summed E-state index contributed by atoms with van der Waals surface area (Å²) in [6.45, 7) is 0.570. The second-order valence-electron chi connectivity index (χ2n) is 3.87. The van der Waals surface area contributed by atoms with Gasteiger partial charge in [0.1, 0.15) is 5.75 Å². The monoisotopic (exact) mass is 320 g/mol. The fourth-order valence-electron chi connectivity index (χ4n) is 1.60. The second-order valence-corrected chi connectivity index (χ2v) is 4.73. The molecule has 0 unspecified atom stereocenters. The number of rotatable bonds is 6. The van der Waals surface area contributed by atoms with Crippen molar-refractivity contribution < 1.29 is 14.3 Å². The Hall–Kier alpha value is -1.65. The molecule has 0 N–H and O–H groups in total. The summed E-state index contributed by atoms with van der Waals surface area (Å²) in [7, 11) is 0. The Bertz CT molecular complexity index is 540. The van der Waals surface area contributed by atoms with Crippen molar-refractivity contribution >= 4 is 22.2 Å². The van der Waals surface area contributed by atoms with Crippen molar-refractivity contribution in [1.82, 2.24) is 0 Å². The molecule has 0 saturated heterocycles. The van der Waals surface area contributed by atoms with Crippen molar-refractivity contribution in [3.63, 3.8) is 0 Å². The number of aldehydes is 1. The molecule has 0 amide bonds. The zero-order chi connectivity index (χ0) is 13.5. The van der Waals surface area contributed by atoms with Gasteiger partial charge in [-0.2, -0.15) is 0 Å². The number of benzene rings is 2. The Balaban J connectivity index is 1.88. The maximum atomic E-state index is 10.9. The first-order valence-electron chi connectivity index (χ1n) is 5.79. The van der Waals surface area contributed by atoms with Crippen LogP contribution in [-0.2, 0) is 11.3 Å². The van der Waals surface area contributed by atoms with Gasteiger partial charge in [-0.15, -0.1) is 0 Å². The third-order valence-corrected chi connectivity index (χ3v) is 3.15. The van der Waals surface area contributed by atoms with Crippen LogP contribution in [0.15, 0.2) is 53.0 Å². The van der Waals surface area contributed by atoms with Crippen LogP contribution in [0.3, 0.4) is 0 Å². The molecule has 0 aliphatic heterocycles. The molecule has 0 bridgehead atoms. The average Bonchev–Trinajstić information content (AvgIpc) is 2.46. The van der Waals surface area contributed by atoms with Gasteiger partial charge in [-0.3, -0.25) is 4.79 Å². The maximum absolute atomic E-state index is 10.9. The van der Waals surface area contributed by atoms with E-state index in [9.17, 15) is 4.79 Å². The topological polar surface area (TPSA) is 35.5 Å². The molecule has 2 aromatic rings. The molecule has 4 heteroatoms. The predicted molar refractivity (Wildman–Crippen MR) is 76.3 cm³/mol. The first-order chi connectivity index (χ1) is 9.31. The summed E-state index contributed by atoms with van der Waals surface area (Å²) < 4.78 is 11.6. The van der Waals surface area contributed by atoms with E-state index in [1.807, 2.05) is 36.4 Å². The number of hydrogen-bond acceptors (Lipinski definition) is 3. The molecule has 98 valence electrons. The highest BCUT2D eigenvalue weighted by Gasteiger charge is 2.07. The third-order valence-electron chi connectivity index (χ3n) is 2.52. The van der Waals surface area contributed by atoms with E-state index in [1.54, 1.807) is 12.1 Å². The van der Waals surface area contributed by atoms with E-state index < -0.39 is 0 Å². The van der Waals surface area contributed by atoms with Crippen LogP contribution in [0.2, 0.25) is 0 Å². The van der Waals surface area contributed by atoms with Gasteiger partial charge in [0, 0.05) is 0 Å². The molecular weight excluding hydrogens is 308 g/mol. The summed E-state index contributed by atoms with van der Waals surface area (Å²) in [5.41, 5.74) is 1.58. The van der Waals surface area contributed by atoms with Crippen LogP contribution in [0.1, 0.15) is 15.9 Å². The normalized spacial score (nSPS) is 10.2. The number of carbonyl (C=O) groups is 1. The fraction of sp³-hybridized carbons (Fsp3) is 0.133. The summed E-state index contributed by atoms with van der Waals surface area (Å²) >= 11 is 3.35. The molecule has 0 aliphatic rings. The van der Waals surface area contributed by atoms with Gasteiger partial charge >= 0.3 is 0 Å². The van der Waals surface area contributed by atoms with Gasteiger partial charge in [0.25, 0.3) is 0 Å². The molecule has 0 saturated carbocycles. The minimum Gasteiger partial charge on any atom is -0.466 e. The molecule has 0 fully saturated rings. The Morgan fingerprint density at radius 3 is 2.58 bits per heavy atom. The highest BCUT2D eigenvalue weighted by Crippen LogP contribution is 2.27. The van der Waals surface area contributed by atoms with E-state index in [4.69, 9.17) is 9.47 Å². The van der Waals surface area contributed by atoms with Crippen molar-refractivity contribution in [2.75, 3.05) is 6.79 Å². The summed E-state index contributed by atoms with van der Waals surface area (Å²) in [5, 5.41) is 0. The van der Waals surface area contributed by atoms with E-state index in [0.29, 0.717) is 17.9 Å². The molecule has 3 nitrogen and oxygen atoms in total. The zero-order valence-electron chi connectivity index (χ0n) is 10.2. The Morgan fingerprint density at radius 2 is 1.84 bits per heavy atom. The molecule has 0 spiro atoms. The largest absolute Gasteiger partial charge is 0.466 e. The number of carbonyl (C=O) groups excluding carboxylic acids is 1. The molecule has 2 rings (SSSR count). The van der Waals surface area contributed by atoms with Crippen LogP contribution in [-0.4, -0.2) is 13.1 Å². The van der Waals surface area contributed by atoms with Crippen LogP contribution in [0.5, 0.6) is 5.75 Å². The molecule has 2 aromatic carbocycles. The summed E-state index contributed by atoms with van der Waals surface area (Å²) in [5.74, 6) is 0.505. The minimum atomic E-state index is 0.0956. The van der Waals surface area contributed by atoms with Gasteiger partial charge in [-0.25, -0.2) is 0 Å². The first-order valence-corrected chi connectivity index (χ1v) is 6.58. The molecule has 0 aliphatic carbocycles. The fourth-order valence-corrected chi connectivity index (χ4v) is 2.10. The van der Waals surface area contributed by atoms with Crippen molar-refractivity contribution in [1.29, 1.82) is 0 Å². The minimum absolute atomic E-state index is 0.0956. The summed E-state index contributed by atoms with van der Waals surface area (Å²) in [4.78, 5) is 10.9. The third kappa shape index (κ3) is 3.91. The van der Waals surface area contributed by atoms with E-state index in [0.717, 1.165) is 16.3 Å². The van der Waals surface area contributed by atoms with E-state index >= 15 is 0 Å². The lowest BCUT2D eigenvalue weighted by Gasteiger charge is -2.10. The van der Waals surface area contributed by atoms with Gasteiger partial charge < -0.3 is 9.47 Å². The van der Waals surface area contributed by atoms with Crippen LogP contribution >= 0.6 is 15.9 Å². The van der Waals surface area contributed by atoms with Gasteiger partial charge in [0.2, 0.25) is 0 Å². The summed E-state index contributed by atoms with van der Waals surface area (Å²) in [6, 6.07) is 15.1. The Morgan fingerprint density at radius 1 is 1.05 bits per heavy atom. The van der Waals surface area contributed by atoms with Crippen LogP contribution in [0.25, 0.3) is 0 Å². The van der Waals surface area contributed by atoms with E-state index in [1.165, 1.54) is 0 Å². The van der Waals surface area contributed by atoms with Gasteiger partial charge in [0.05, 0.1) is 16.6 Å². The molecule has 0 atom stereocenters. The zero-order valence-corrected chi connectivity index (χ0v) is 11.8. The lowest BCUT2D eigenvalue weighted by atomic mass is 10.2. The Labute approximate surface area is 120 Å². The smallest absolute Gasteiger partial charge is 0.189 e. The lowest BCUT2D eigenvalue weighted by Crippen LogP contribution is -2.05. The van der Waals surface area contributed by atoms with Gasteiger partial charge in [-0.1, -0.05) is 36.4 Å². The van der Waals surface area contributed by atoms with Crippen LogP contribution in [0, 0.1) is 0 Å². The number of hydrogen-bond donors (Lipinski definition) is 0. The average molecular weight is 321 g/mol. The van der Waals surface area contributed by atoms with Gasteiger partial charge in [0.15, 0.2) is 13.1 Å². The molecule has 0 aromatic heterocycles. The van der Waals surface area contributed by atoms with E-state index in [-0.39, 0.29) is 6.79 Å². The number of para-hydroxylation sites is 1.